The van der Waals surface area contributed by atoms with Gasteiger partial charge in [0.2, 0.25) is 0 Å². The lowest BCUT2D eigenvalue weighted by Crippen LogP contribution is -2.07. The molecule has 0 saturated heterocycles. The van der Waals surface area contributed by atoms with Gasteiger partial charge in [0.05, 0.1) is 29.7 Å². The highest BCUT2D eigenvalue weighted by molar-refractivity contribution is 5.84. The molecule has 5 nitrogen and oxygen atoms in total. The highest BCUT2D eigenvalue weighted by atomic mass is 19.1. The van der Waals surface area contributed by atoms with Gasteiger partial charge in [0.25, 0.3) is 0 Å². The second kappa shape index (κ2) is 7.51. The molecule has 0 radical (unpaired) electrons. The van der Waals surface area contributed by atoms with E-state index in [1.807, 2.05) is 36.4 Å². The molecule has 0 aliphatic carbocycles. The summed E-state index contributed by atoms with van der Waals surface area (Å²) < 4.78 is 22.2. The maximum Gasteiger partial charge on any atom is 0.126 e. The average Bonchev–Trinajstić information content (AvgIpc) is 3.40. The summed E-state index contributed by atoms with van der Waals surface area (Å²) in [5.74, 6) is 0.548. The maximum absolute atomic E-state index is 14.6. The van der Waals surface area contributed by atoms with Crippen LogP contribution in [-0.4, -0.2) is 21.0 Å². The van der Waals surface area contributed by atoms with Crippen molar-refractivity contribution in [2.45, 2.75) is 33.1 Å². The van der Waals surface area contributed by atoms with Crippen molar-refractivity contribution >= 4 is 5.52 Å². The van der Waals surface area contributed by atoms with Crippen molar-refractivity contribution in [2.24, 2.45) is 0 Å². The molecule has 0 saturated carbocycles. The quantitative estimate of drug-likeness (QED) is 0.486. The molecule has 0 amide bonds. The van der Waals surface area contributed by atoms with Gasteiger partial charge in [0.1, 0.15) is 17.6 Å². The van der Waals surface area contributed by atoms with E-state index in [-0.39, 0.29) is 5.82 Å². The van der Waals surface area contributed by atoms with Gasteiger partial charge in [0, 0.05) is 40.7 Å². The topological polar surface area (TPSA) is 63.2 Å². The average molecular weight is 412 g/mol. The molecule has 0 atom stereocenters. The largest absolute Gasteiger partial charge is 0.493 e. The number of aromatic nitrogens is 3. The van der Waals surface area contributed by atoms with E-state index in [1.54, 1.807) is 18.6 Å². The fourth-order valence-corrected chi connectivity index (χ4v) is 4.55. The Labute approximate surface area is 179 Å². The minimum Gasteiger partial charge on any atom is -0.493 e. The van der Waals surface area contributed by atoms with Crippen LogP contribution in [0.4, 0.5) is 4.39 Å². The third-order valence-electron chi connectivity index (χ3n) is 6.07. The van der Waals surface area contributed by atoms with Gasteiger partial charge in [-0.1, -0.05) is 6.07 Å². The first-order valence-electron chi connectivity index (χ1n) is 10.3. The minimum absolute atomic E-state index is 0.219. The lowest BCUT2D eigenvalue weighted by molar-refractivity contribution is 0.356. The number of aryl methyl sites for hydroxylation is 3. The van der Waals surface area contributed by atoms with Gasteiger partial charge in [-0.15, -0.1) is 0 Å². The van der Waals surface area contributed by atoms with Crippen LogP contribution >= 0.6 is 0 Å². The van der Waals surface area contributed by atoms with E-state index in [9.17, 15) is 9.65 Å². The SMILES string of the molecule is Cc1ncccc1-c1cc(C#N)c(CCc2c(F)ccc3c2CCO3)n2cnc(C)c12. The van der Waals surface area contributed by atoms with E-state index in [0.717, 1.165) is 45.0 Å². The number of ether oxygens (including phenoxy) is 1. The summed E-state index contributed by atoms with van der Waals surface area (Å²) in [5, 5.41) is 9.94. The normalized spacial score (nSPS) is 12.6. The van der Waals surface area contributed by atoms with Crippen molar-refractivity contribution in [2.75, 3.05) is 6.61 Å². The van der Waals surface area contributed by atoms with E-state index < -0.39 is 0 Å². The molecule has 1 aromatic carbocycles. The molecule has 31 heavy (non-hydrogen) atoms. The number of hydrogen-bond acceptors (Lipinski definition) is 4. The molecule has 0 unspecified atom stereocenters. The zero-order chi connectivity index (χ0) is 21.5. The zero-order valence-electron chi connectivity index (χ0n) is 17.4. The molecule has 154 valence electrons. The molecular weight excluding hydrogens is 391 g/mol. The van der Waals surface area contributed by atoms with Crippen molar-refractivity contribution in [3.05, 3.63) is 82.4 Å². The molecule has 0 bridgehead atoms. The summed E-state index contributed by atoms with van der Waals surface area (Å²) in [7, 11) is 0. The molecule has 0 spiro atoms. The molecule has 0 fully saturated rings. The van der Waals surface area contributed by atoms with Crippen molar-refractivity contribution in [3.63, 3.8) is 0 Å². The number of hydrogen-bond donors (Lipinski definition) is 0. The Hall–Kier alpha value is -3.72. The van der Waals surface area contributed by atoms with E-state index in [1.165, 1.54) is 6.07 Å². The Morgan fingerprint density at radius 2 is 2.00 bits per heavy atom. The minimum atomic E-state index is -0.219. The molecule has 5 rings (SSSR count). The number of imidazole rings is 1. The summed E-state index contributed by atoms with van der Waals surface area (Å²) in [6.07, 6.45) is 5.24. The molecule has 4 aromatic rings. The van der Waals surface area contributed by atoms with Crippen LogP contribution < -0.4 is 4.74 Å². The summed E-state index contributed by atoms with van der Waals surface area (Å²) >= 11 is 0. The number of halogens is 1. The fourth-order valence-electron chi connectivity index (χ4n) is 4.55. The van der Waals surface area contributed by atoms with E-state index in [0.29, 0.717) is 37.0 Å². The van der Waals surface area contributed by atoms with Crippen LogP contribution in [0.2, 0.25) is 0 Å². The van der Waals surface area contributed by atoms with Gasteiger partial charge in [-0.25, -0.2) is 9.37 Å². The molecular formula is C25H21FN4O. The molecule has 6 heteroatoms. The molecule has 1 aliphatic rings. The van der Waals surface area contributed by atoms with Gasteiger partial charge in [0.15, 0.2) is 0 Å². The fraction of sp³-hybridized carbons (Fsp3) is 0.240. The first-order valence-corrected chi connectivity index (χ1v) is 10.3. The van der Waals surface area contributed by atoms with E-state index in [2.05, 4.69) is 16.0 Å². The Kier molecular flexibility index (Phi) is 4.67. The van der Waals surface area contributed by atoms with Crippen LogP contribution in [0.15, 0.2) is 42.9 Å². The van der Waals surface area contributed by atoms with Gasteiger partial charge in [-0.05, 0) is 56.5 Å². The summed E-state index contributed by atoms with van der Waals surface area (Å²) in [4.78, 5) is 8.92. The van der Waals surface area contributed by atoms with Gasteiger partial charge < -0.3 is 9.14 Å². The second-order valence-corrected chi connectivity index (χ2v) is 7.82. The predicted molar refractivity (Wildman–Crippen MR) is 116 cm³/mol. The monoisotopic (exact) mass is 412 g/mol. The highest BCUT2D eigenvalue weighted by Gasteiger charge is 2.22. The number of benzene rings is 1. The number of fused-ring (bicyclic) bond motifs is 2. The number of nitriles is 1. The van der Waals surface area contributed by atoms with Crippen molar-refractivity contribution in [1.29, 1.82) is 5.26 Å². The predicted octanol–water partition coefficient (Wildman–Crippen LogP) is 4.74. The van der Waals surface area contributed by atoms with Crippen LogP contribution in [0.3, 0.4) is 0 Å². The molecule has 3 aromatic heterocycles. The van der Waals surface area contributed by atoms with Crippen LogP contribution in [0.5, 0.6) is 5.75 Å². The first kappa shape index (κ1) is 19.3. The van der Waals surface area contributed by atoms with Crippen LogP contribution in [0.1, 0.15) is 33.8 Å². The number of rotatable bonds is 4. The Morgan fingerprint density at radius 1 is 1.13 bits per heavy atom. The Morgan fingerprint density at radius 3 is 2.81 bits per heavy atom. The number of nitrogens with zero attached hydrogens (tertiary/aromatic N) is 4. The Balaban J connectivity index is 1.63. The zero-order valence-corrected chi connectivity index (χ0v) is 17.4. The lowest BCUT2D eigenvalue weighted by Gasteiger charge is -2.15. The first-order chi connectivity index (χ1) is 15.1. The van der Waals surface area contributed by atoms with Crippen molar-refractivity contribution < 1.29 is 9.13 Å². The molecule has 1 aliphatic heterocycles. The van der Waals surface area contributed by atoms with Crippen LogP contribution in [0.25, 0.3) is 16.6 Å². The van der Waals surface area contributed by atoms with Gasteiger partial charge >= 0.3 is 0 Å². The van der Waals surface area contributed by atoms with Crippen molar-refractivity contribution in [1.82, 2.24) is 14.4 Å². The van der Waals surface area contributed by atoms with Gasteiger partial charge in [-0.3, -0.25) is 4.98 Å². The summed E-state index contributed by atoms with van der Waals surface area (Å²) in [6, 6.07) is 11.3. The Bertz CT molecular complexity index is 1370. The van der Waals surface area contributed by atoms with Crippen LogP contribution in [-0.2, 0) is 19.3 Å². The smallest absolute Gasteiger partial charge is 0.126 e. The molecule has 0 N–H and O–H groups in total. The van der Waals surface area contributed by atoms with Crippen molar-refractivity contribution in [3.8, 4) is 22.9 Å². The van der Waals surface area contributed by atoms with Crippen LogP contribution in [0, 0.1) is 31.0 Å². The maximum atomic E-state index is 14.6. The lowest BCUT2D eigenvalue weighted by atomic mass is 9.95. The third-order valence-corrected chi connectivity index (χ3v) is 6.07. The van der Waals surface area contributed by atoms with E-state index in [4.69, 9.17) is 4.74 Å². The van der Waals surface area contributed by atoms with Gasteiger partial charge in [-0.2, -0.15) is 5.26 Å². The number of pyridine rings is 2. The summed E-state index contributed by atoms with van der Waals surface area (Å²) in [5.41, 5.74) is 7.64. The standard InChI is InChI=1S/C25H21FN4O/c1-15-18(4-3-10-28-15)21-12-17(13-27)23(30-14-29-16(2)25(21)30)7-5-19-20-9-11-31-24(20)8-6-22(19)26/h3-4,6,8,10,12,14H,5,7,9,11H2,1-2H3. The highest BCUT2D eigenvalue weighted by Crippen LogP contribution is 2.34. The molecule has 4 heterocycles. The van der Waals surface area contributed by atoms with E-state index >= 15 is 0 Å². The summed E-state index contributed by atoms with van der Waals surface area (Å²) in [6.45, 7) is 4.50. The third kappa shape index (κ3) is 3.14. The second-order valence-electron chi connectivity index (χ2n) is 7.82.